The fraction of sp³-hybridized carbons (Fsp3) is 1.00. The molecule has 22 heavy (non-hydrogen) atoms. The van der Waals surface area contributed by atoms with Gasteiger partial charge in [0.1, 0.15) is 0 Å². The van der Waals surface area contributed by atoms with Gasteiger partial charge in [0.2, 0.25) is 0 Å². The maximum Gasteiger partial charge on any atom is -0.0383 e. The number of hydrogen-bond acceptors (Lipinski definition) is 0. The maximum absolute atomic E-state index is 2.37. The third kappa shape index (κ3) is 6.25. The van der Waals surface area contributed by atoms with Gasteiger partial charge in [0.05, 0.1) is 0 Å². The Hall–Kier alpha value is 0. The van der Waals surface area contributed by atoms with Gasteiger partial charge in [-0.05, 0) is 42.9 Å². The highest BCUT2D eigenvalue weighted by atomic mass is 14.4. The van der Waals surface area contributed by atoms with Crippen LogP contribution in [-0.4, -0.2) is 0 Å². The van der Waals surface area contributed by atoms with Crippen LogP contribution in [0.1, 0.15) is 117 Å². The van der Waals surface area contributed by atoms with Crippen molar-refractivity contribution in [1.82, 2.24) is 0 Å². The normalized spacial score (nSPS) is 33.0. The minimum atomic E-state index is 1.08. The number of unbranched alkanes of at least 4 members (excludes halogenated alkanes) is 4. The van der Waals surface area contributed by atoms with Gasteiger partial charge in [0.25, 0.3) is 0 Å². The van der Waals surface area contributed by atoms with Crippen molar-refractivity contribution in [3.63, 3.8) is 0 Å². The van der Waals surface area contributed by atoms with E-state index in [0.717, 1.165) is 23.7 Å². The van der Waals surface area contributed by atoms with Crippen LogP contribution in [0.3, 0.4) is 0 Å². The topological polar surface area (TPSA) is 0 Å². The van der Waals surface area contributed by atoms with Crippen molar-refractivity contribution >= 4 is 0 Å². The summed E-state index contributed by atoms with van der Waals surface area (Å²) in [5, 5.41) is 0. The van der Waals surface area contributed by atoms with Gasteiger partial charge >= 0.3 is 0 Å². The van der Waals surface area contributed by atoms with Crippen LogP contribution in [0.4, 0.5) is 0 Å². The summed E-state index contributed by atoms with van der Waals surface area (Å²) in [7, 11) is 0. The second kappa shape index (κ2) is 10.7. The van der Waals surface area contributed by atoms with Gasteiger partial charge < -0.3 is 0 Å². The summed E-state index contributed by atoms with van der Waals surface area (Å²) >= 11 is 0. The zero-order chi connectivity index (χ0) is 15.6. The highest BCUT2D eigenvalue weighted by Gasteiger charge is 2.30. The van der Waals surface area contributed by atoms with E-state index in [1.165, 1.54) is 57.8 Å². The Morgan fingerprint density at radius 2 is 1.36 bits per heavy atom. The molecule has 0 aromatic heterocycles. The molecule has 0 N–H and O–H groups in total. The largest absolute Gasteiger partial charge is 0.0654 e. The molecule has 2 saturated carbocycles. The molecule has 0 bridgehead atoms. The van der Waals surface area contributed by atoms with E-state index in [0.29, 0.717) is 0 Å². The molecule has 2 unspecified atom stereocenters. The van der Waals surface area contributed by atoms with Gasteiger partial charge in [-0.3, -0.25) is 0 Å². The first-order chi connectivity index (χ1) is 10.8. The lowest BCUT2D eigenvalue weighted by Crippen LogP contribution is -2.26. The number of rotatable bonds is 9. The van der Waals surface area contributed by atoms with Crippen LogP contribution in [0, 0.1) is 23.7 Å². The molecule has 2 rings (SSSR count). The molecule has 0 amide bonds. The Morgan fingerprint density at radius 3 is 2.09 bits per heavy atom. The predicted molar refractivity (Wildman–Crippen MR) is 99.2 cm³/mol. The molecule has 0 nitrogen and oxygen atoms in total. The monoisotopic (exact) mass is 306 g/mol. The van der Waals surface area contributed by atoms with Crippen molar-refractivity contribution in [3.8, 4) is 0 Å². The van der Waals surface area contributed by atoms with Gasteiger partial charge in [-0.2, -0.15) is 0 Å². The first-order valence-electron chi connectivity index (χ1n) is 10.8. The Bertz CT molecular complexity index is 259. The maximum atomic E-state index is 2.37. The summed E-state index contributed by atoms with van der Waals surface area (Å²) in [4.78, 5) is 0. The first-order valence-corrected chi connectivity index (χ1v) is 10.8. The fourth-order valence-corrected chi connectivity index (χ4v) is 5.42. The average molecular weight is 307 g/mol. The lowest BCUT2D eigenvalue weighted by atomic mass is 9.67. The van der Waals surface area contributed by atoms with Gasteiger partial charge in [0, 0.05) is 0 Å². The van der Waals surface area contributed by atoms with E-state index < -0.39 is 0 Å². The molecular weight excluding hydrogens is 264 g/mol. The molecule has 2 aliphatic rings. The highest BCUT2D eigenvalue weighted by molar-refractivity contribution is 4.82. The van der Waals surface area contributed by atoms with E-state index in [1.807, 2.05) is 0 Å². The van der Waals surface area contributed by atoms with Crippen LogP contribution in [0.15, 0.2) is 0 Å². The van der Waals surface area contributed by atoms with E-state index in [1.54, 1.807) is 44.9 Å². The first kappa shape index (κ1) is 18.3. The SMILES string of the molecule is CCCCCCCC1CCC(C2CCCC(CCC)C2)CC1. The molecule has 0 radical (unpaired) electrons. The summed E-state index contributed by atoms with van der Waals surface area (Å²) in [6, 6.07) is 0. The van der Waals surface area contributed by atoms with E-state index >= 15 is 0 Å². The second-order valence-corrected chi connectivity index (χ2v) is 8.57. The quantitative estimate of drug-likeness (QED) is 0.382. The van der Waals surface area contributed by atoms with E-state index in [9.17, 15) is 0 Å². The smallest absolute Gasteiger partial charge is 0.0383 e. The molecule has 0 heterocycles. The summed E-state index contributed by atoms with van der Waals surface area (Å²) < 4.78 is 0. The Balaban J connectivity index is 1.60. The minimum absolute atomic E-state index is 1.08. The third-order valence-corrected chi connectivity index (χ3v) is 6.79. The summed E-state index contributed by atoms with van der Waals surface area (Å²) in [5.74, 6) is 4.39. The number of hydrogen-bond donors (Lipinski definition) is 0. The van der Waals surface area contributed by atoms with Crippen molar-refractivity contribution in [1.29, 1.82) is 0 Å². The molecule has 0 aromatic carbocycles. The van der Waals surface area contributed by atoms with Crippen molar-refractivity contribution in [2.45, 2.75) is 117 Å². The molecule has 0 aliphatic heterocycles. The van der Waals surface area contributed by atoms with Gasteiger partial charge in [-0.1, -0.05) is 97.3 Å². The van der Waals surface area contributed by atoms with Crippen LogP contribution < -0.4 is 0 Å². The van der Waals surface area contributed by atoms with Gasteiger partial charge in [-0.15, -0.1) is 0 Å². The lowest BCUT2D eigenvalue weighted by molar-refractivity contribution is 0.133. The van der Waals surface area contributed by atoms with Gasteiger partial charge in [-0.25, -0.2) is 0 Å². The molecular formula is C22H42. The summed E-state index contributed by atoms with van der Waals surface area (Å²) in [6.07, 6.45) is 24.3. The molecule has 2 fully saturated rings. The zero-order valence-corrected chi connectivity index (χ0v) is 15.6. The zero-order valence-electron chi connectivity index (χ0n) is 15.6. The molecule has 0 spiro atoms. The van der Waals surface area contributed by atoms with Crippen molar-refractivity contribution in [3.05, 3.63) is 0 Å². The molecule has 0 heteroatoms. The highest BCUT2D eigenvalue weighted by Crippen LogP contribution is 2.43. The predicted octanol–water partition coefficient (Wildman–Crippen LogP) is 7.76. The molecule has 0 aromatic rings. The second-order valence-electron chi connectivity index (χ2n) is 8.57. The Morgan fingerprint density at radius 1 is 0.591 bits per heavy atom. The van der Waals surface area contributed by atoms with Crippen molar-refractivity contribution in [2.24, 2.45) is 23.7 Å². The van der Waals surface area contributed by atoms with Crippen molar-refractivity contribution < 1.29 is 0 Å². The summed E-state index contributed by atoms with van der Waals surface area (Å²) in [6.45, 7) is 4.69. The van der Waals surface area contributed by atoms with E-state index in [2.05, 4.69) is 13.8 Å². The van der Waals surface area contributed by atoms with Gasteiger partial charge in [0.15, 0.2) is 0 Å². The minimum Gasteiger partial charge on any atom is -0.0654 e. The Labute approximate surface area is 140 Å². The van der Waals surface area contributed by atoms with Crippen LogP contribution in [0.5, 0.6) is 0 Å². The summed E-state index contributed by atoms with van der Waals surface area (Å²) in [5.41, 5.74) is 0. The Kier molecular flexibility index (Phi) is 8.93. The van der Waals surface area contributed by atoms with E-state index in [4.69, 9.17) is 0 Å². The molecule has 2 atom stereocenters. The fourth-order valence-electron chi connectivity index (χ4n) is 5.42. The van der Waals surface area contributed by atoms with Crippen LogP contribution in [-0.2, 0) is 0 Å². The third-order valence-electron chi connectivity index (χ3n) is 6.79. The molecule has 0 saturated heterocycles. The van der Waals surface area contributed by atoms with Crippen LogP contribution in [0.2, 0.25) is 0 Å². The average Bonchev–Trinajstić information content (AvgIpc) is 2.56. The van der Waals surface area contributed by atoms with Crippen LogP contribution in [0.25, 0.3) is 0 Å². The van der Waals surface area contributed by atoms with E-state index in [-0.39, 0.29) is 0 Å². The van der Waals surface area contributed by atoms with Crippen molar-refractivity contribution in [2.75, 3.05) is 0 Å². The molecule has 130 valence electrons. The van der Waals surface area contributed by atoms with Crippen LogP contribution >= 0.6 is 0 Å². The molecule has 2 aliphatic carbocycles. The standard InChI is InChI=1S/C22H42/c1-3-5-6-7-8-11-19-14-16-21(17-15-19)22-13-9-12-20(18-22)10-4-2/h19-22H,3-18H2,1-2H3. The lowest BCUT2D eigenvalue weighted by Gasteiger charge is -2.38.